The standard InChI is InChI=1S/C24H40N4O2.HI/c1-18(2)28-10-5-6-20(15-28)13-26-24(25-4)27-14-22-8-7-19(3)12-23(22)30-17-21-9-11-29-16-21;/h7-8,12,18,20-21H,5-6,9-11,13-17H2,1-4H3,(H2,25,26,27);1H. The van der Waals surface area contributed by atoms with Crippen LogP contribution in [-0.4, -0.2) is 63.4 Å². The molecule has 2 aliphatic rings. The van der Waals surface area contributed by atoms with Gasteiger partial charge in [0.2, 0.25) is 0 Å². The molecule has 0 radical (unpaired) electrons. The third-order valence-electron chi connectivity index (χ3n) is 6.23. The van der Waals surface area contributed by atoms with Gasteiger partial charge in [-0.15, -0.1) is 24.0 Å². The van der Waals surface area contributed by atoms with E-state index in [1.165, 1.54) is 31.5 Å². The summed E-state index contributed by atoms with van der Waals surface area (Å²) in [4.78, 5) is 7.00. The van der Waals surface area contributed by atoms with Crippen molar-refractivity contribution in [3.63, 3.8) is 0 Å². The number of aryl methyl sites for hydroxylation is 1. The van der Waals surface area contributed by atoms with Crippen LogP contribution in [0.25, 0.3) is 0 Å². The first-order valence-electron chi connectivity index (χ1n) is 11.5. The normalized spacial score (nSPS) is 22.3. The van der Waals surface area contributed by atoms with Crippen LogP contribution in [0.2, 0.25) is 0 Å². The monoisotopic (exact) mass is 544 g/mol. The molecule has 6 nitrogen and oxygen atoms in total. The number of hydrogen-bond acceptors (Lipinski definition) is 4. The largest absolute Gasteiger partial charge is 0.493 e. The van der Waals surface area contributed by atoms with Crippen LogP contribution in [0.4, 0.5) is 0 Å². The van der Waals surface area contributed by atoms with Crippen molar-refractivity contribution in [2.75, 3.05) is 46.5 Å². The summed E-state index contributed by atoms with van der Waals surface area (Å²) in [5.41, 5.74) is 2.37. The smallest absolute Gasteiger partial charge is 0.191 e. The summed E-state index contributed by atoms with van der Waals surface area (Å²) in [6, 6.07) is 7.05. The minimum absolute atomic E-state index is 0. The van der Waals surface area contributed by atoms with E-state index in [0.717, 1.165) is 50.1 Å². The van der Waals surface area contributed by atoms with E-state index in [4.69, 9.17) is 9.47 Å². The highest BCUT2D eigenvalue weighted by atomic mass is 127. The molecule has 0 spiro atoms. The van der Waals surface area contributed by atoms with Gasteiger partial charge in [-0.25, -0.2) is 0 Å². The molecule has 2 aliphatic heterocycles. The van der Waals surface area contributed by atoms with Crippen molar-refractivity contribution >= 4 is 29.9 Å². The summed E-state index contributed by atoms with van der Waals surface area (Å²) >= 11 is 0. The summed E-state index contributed by atoms with van der Waals surface area (Å²) in [5, 5.41) is 7.00. The van der Waals surface area contributed by atoms with Crippen LogP contribution in [0.15, 0.2) is 23.2 Å². The summed E-state index contributed by atoms with van der Waals surface area (Å²) < 4.78 is 11.6. The van der Waals surface area contributed by atoms with Crippen molar-refractivity contribution in [1.82, 2.24) is 15.5 Å². The van der Waals surface area contributed by atoms with E-state index in [9.17, 15) is 0 Å². The minimum atomic E-state index is 0. The fourth-order valence-electron chi connectivity index (χ4n) is 4.24. The van der Waals surface area contributed by atoms with Crippen molar-refractivity contribution < 1.29 is 9.47 Å². The molecule has 7 heteroatoms. The molecule has 2 unspecified atom stereocenters. The predicted octanol–water partition coefficient (Wildman–Crippen LogP) is 3.81. The molecule has 0 saturated carbocycles. The van der Waals surface area contributed by atoms with E-state index in [-0.39, 0.29) is 24.0 Å². The average molecular weight is 545 g/mol. The summed E-state index contributed by atoms with van der Waals surface area (Å²) in [5.74, 6) is 2.99. The summed E-state index contributed by atoms with van der Waals surface area (Å²) in [6.45, 7) is 13.1. The maximum atomic E-state index is 6.17. The fraction of sp³-hybridized carbons (Fsp3) is 0.708. The fourth-order valence-corrected chi connectivity index (χ4v) is 4.24. The van der Waals surface area contributed by atoms with Gasteiger partial charge in [-0.1, -0.05) is 12.1 Å². The number of piperidine rings is 1. The van der Waals surface area contributed by atoms with E-state index >= 15 is 0 Å². The Morgan fingerprint density at radius 3 is 2.81 bits per heavy atom. The van der Waals surface area contributed by atoms with Gasteiger partial charge < -0.3 is 25.0 Å². The summed E-state index contributed by atoms with van der Waals surface area (Å²) in [7, 11) is 1.84. The number of halogens is 1. The van der Waals surface area contributed by atoms with Crippen LogP contribution in [0, 0.1) is 18.8 Å². The summed E-state index contributed by atoms with van der Waals surface area (Å²) in [6.07, 6.45) is 3.66. The Hall–Kier alpha value is -1.06. The molecule has 0 aliphatic carbocycles. The van der Waals surface area contributed by atoms with Gasteiger partial charge in [-0.3, -0.25) is 4.99 Å². The molecule has 2 saturated heterocycles. The Labute approximate surface area is 205 Å². The van der Waals surface area contributed by atoms with Gasteiger partial charge in [0, 0.05) is 50.8 Å². The Bertz CT molecular complexity index is 692. The SMILES string of the molecule is CN=C(NCc1ccc(C)cc1OCC1CCOC1)NCC1CCCN(C(C)C)C1.I. The molecule has 176 valence electrons. The highest BCUT2D eigenvalue weighted by molar-refractivity contribution is 14.0. The highest BCUT2D eigenvalue weighted by Gasteiger charge is 2.22. The van der Waals surface area contributed by atoms with Crippen LogP contribution in [0.3, 0.4) is 0 Å². The first-order chi connectivity index (χ1) is 14.5. The van der Waals surface area contributed by atoms with Gasteiger partial charge in [-0.05, 0) is 64.1 Å². The topological polar surface area (TPSA) is 58.1 Å². The Morgan fingerprint density at radius 2 is 2.10 bits per heavy atom. The van der Waals surface area contributed by atoms with Crippen LogP contribution in [0.1, 0.15) is 44.2 Å². The maximum Gasteiger partial charge on any atom is 0.191 e. The van der Waals surface area contributed by atoms with E-state index in [1.807, 2.05) is 7.05 Å². The highest BCUT2D eigenvalue weighted by Crippen LogP contribution is 2.23. The lowest BCUT2D eigenvalue weighted by Crippen LogP contribution is -2.46. The van der Waals surface area contributed by atoms with Crippen molar-refractivity contribution in [1.29, 1.82) is 0 Å². The van der Waals surface area contributed by atoms with Crippen LogP contribution in [0.5, 0.6) is 5.75 Å². The Kier molecular flexibility index (Phi) is 11.4. The average Bonchev–Trinajstić information content (AvgIpc) is 3.27. The molecule has 31 heavy (non-hydrogen) atoms. The second kappa shape index (κ2) is 13.5. The number of ether oxygens (including phenoxy) is 2. The lowest BCUT2D eigenvalue weighted by atomic mass is 9.97. The second-order valence-corrected chi connectivity index (χ2v) is 9.06. The first kappa shape index (κ1) is 26.2. The van der Waals surface area contributed by atoms with Gasteiger partial charge >= 0.3 is 0 Å². The zero-order valence-corrected chi connectivity index (χ0v) is 22.0. The van der Waals surface area contributed by atoms with Gasteiger partial charge in [0.1, 0.15) is 5.75 Å². The van der Waals surface area contributed by atoms with Gasteiger partial charge in [0.15, 0.2) is 5.96 Å². The molecular formula is C24H41IN4O2. The van der Waals surface area contributed by atoms with Gasteiger partial charge in [-0.2, -0.15) is 0 Å². The molecule has 2 atom stereocenters. The van der Waals surface area contributed by atoms with E-state index in [1.54, 1.807) is 0 Å². The van der Waals surface area contributed by atoms with Crippen LogP contribution in [-0.2, 0) is 11.3 Å². The molecule has 1 aromatic rings. The Balaban J connectivity index is 0.00000341. The van der Waals surface area contributed by atoms with E-state index in [2.05, 4.69) is 59.5 Å². The number of guanidine groups is 1. The van der Waals surface area contributed by atoms with Gasteiger partial charge in [0.05, 0.1) is 13.2 Å². The molecular weight excluding hydrogens is 503 g/mol. The van der Waals surface area contributed by atoms with Gasteiger partial charge in [0.25, 0.3) is 0 Å². The van der Waals surface area contributed by atoms with Crippen molar-refractivity contribution in [2.45, 2.75) is 52.6 Å². The second-order valence-electron chi connectivity index (χ2n) is 9.06. The third-order valence-corrected chi connectivity index (χ3v) is 6.23. The first-order valence-corrected chi connectivity index (χ1v) is 11.5. The Morgan fingerprint density at radius 1 is 1.26 bits per heavy atom. The number of likely N-dealkylation sites (tertiary alicyclic amines) is 1. The number of hydrogen-bond donors (Lipinski definition) is 2. The zero-order valence-electron chi connectivity index (χ0n) is 19.7. The molecule has 1 aromatic carbocycles. The molecule has 0 aromatic heterocycles. The molecule has 0 bridgehead atoms. The van der Waals surface area contributed by atoms with E-state index in [0.29, 0.717) is 24.4 Å². The molecule has 2 N–H and O–H groups in total. The van der Waals surface area contributed by atoms with E-state index < -0.39 is 0 Å². The van der Waals surface area contributed by atoms with Crippen molar-refractivity contribution in [3.05, 3.63) is 29.3 Å². The van der Waals surface area contributed by atoms with Crippen LogP contribution >= 0.6 is 24.0 Å². The zero-order chi connectivity index (χ0) is 21.3. The molecule has 2 fully saturated rings. The van der Waals surface area contributed by atoms with Crippen LogP contribution < -0.4 is 15.4 Å². The quantitative estimate of drug-likeness (QED) is 0.296. The molecule has 0 amide bonds. The number of aliphatic imine (C=N–C) groups is 1. The third kappa shape index (κ3) is 8.42. The maximum absolute atomic E-state index is 6.17. The predicted molar refractivity (Wildman–Crippen MR) is 139 cm³/mol. The number of benzene rings is 1. The number of nitrogens with one attached hydrogen (secondary N) is 2. The minimum Gasteiger partial charge on any atom is -0.493 e. The number of rotatable bonds is 8. The molecule has 2 heterocycles. The van der Waals surface area contributed by atoms with Crippen molar-refractivity contribution in [3.8, 4) is 5.75 Å². The lowest BCUT2D eigenvalue weighted by Gasteiger charge is -2.35. The number of nitrogens with zero attached hydrogens (tertiary/aromatic N) is 2. The molecule has 3 rings (SSSR count). The lowest BCUT2D eigenvalue weighted by molar-refractivity contribution is 0.141. The van der Waals surface area contributed by atoms with Crippen molar-refractivity contribution in [2.24, 2.45) is 16.8 Å².